The van der Waals surface area contributed by atoms with Crippen LogP contribution in [0.3, 0.4) is 0 Å². The third-order valence-corrected chi connectivity index (χ3v) is 11.5. The molecule has 3 aliphatic heterocycles. The predicted molar refractivity (Wildman–Crippen MR) is 204 cm³/mol. The summed E-state index contributed by atoms with van der Waals surface area (Å²) < 4.78 is 2.13. The van der Waals surface area contributed by atoms with E-state index in [1.807, 2.05) is 30.5 Å². The summed E-state index contributed by atoms with van der Waals surface area (Å²) >= 11 is 0. The molecular formula is C39H49N11O3. The molecular weight excluding hydrogens is 671 g/mol. The number of imide groups is 1. The van der Waals surface area contributed by atoms with Crippen molar-refractivity contribution in [3.8, 4) is 0 Å². The van der Waals surface area contributed by atoms with Crippen LogP contribution in [-0.2, 0) is 9.59 Å². The van der Waals surface area contributed by atoms with Gasteiger partial charge in [-0.2, -0.15) is 4.98 Å². The molecule has 1 atom stereocenters. The summed E-state index contributed by atoms with van der Waals surface area (Å²) in [6.07, 6.45) is 13.1. The molecule has 4 aliphatic rings. The molecule has 8 rings (SSSR count). The maximum Gasteiger partial charge on any atom is 0.270 e. The third-order valence-electron chi connectivity index (χ3n) is 11.5. The Labute approximate surface area is 310 Å². The Morgan fingerprint density at radius 1 is 0.887 bits per heavy atom. The topological polar surface area (TPSA) is 145 Å². The Hall–Kier alpha value is -5.11. The Bertz CT molecular complexity index is 1960. The summed E-state index contributed by atoms with van der Waals surface area (Å²) in [5, 5.41) is 6.63. The molecule has 1 unspecified atom stereocenters. The zero-order chi connectivity index (χ0) is 36.5. The third kappa shape index (κ3) is 7.55. The van der Waals surface area contributed by atoms with Gasteiger partial charge in [0, 0.05) is 90.2 Å². The van der Waals surface area contributed by atoms with E-state index in [2.05, 4.69) is 45.9 Å². The number of rotatable bonds is 9. The van der Waals surface area contributed by atoms with Gasteiger partial charge >= 0.3 is 0 Å². The number of carbonyl (C=O) groups excluding carboxylic acids is 3. The van der Waals surface area contributed by atoms with E-state index < -0.39 is 0 Å². The van der Waals surface area contributed by atoms with Crippen LogP contribution in [0.15, 0.2) is 48.9 Å². The molecule has 3 amide bonds. The van der Waals surface area contributed by atoms with Crippen LogP contribution in [-0.4, -0.2) is 112 Å². The van der Waals surface area contributed by atoms with Crippen molar-refractivity contribution in [3.05, 3.63) is 60.2 Å². The second-order valence-corrected chi connectivity index (χ2v) is 15.2. The lowest BCUT2D eigenvalue weighted by molar-refractivity contribution is -0.134. The van der Waals surface area contributed by atoms with Crippen LogP contribution >= 0.6 is 0 Å². The van der Waals surface area contributed by atoms with E-state index in [4.69, 9.17) is 9.97 Å². The second kappa shape index (κ2) is 15.1. The van der Waals surface area contributed by atoms with Crippen molar-refractivity contribution in [2.75, 3.05) is 75.0 Å². The second-order valence-electron chi connectivity index (χ2n) is 15.2. The van der Waals surface area contributed by atoms with Crippen molar-refractivity contribution >= 4 is 52.0 Å². The average Bonchev–Trinajstić information content (AvgIpc) is 3.84. The van der Waals surface area contributed by atoms with Crippen LogP contribution in [0, 0.1) is 5.92 Å². The minimum atomic E-state index is -0.289. The van der Waals surface area contributed by atoms with E-state index in [1.165, 1.54) is 0 Å². The molecule has 0 bridgehead atoms. The maximum atomic E-state index is 13.1. The molecule has 4 fully saturated rings. The molecule has 7 heterocycles. The van der Waals surface area contributed by atoms with Crippen LogP contribution in [0.25, 0.3) is 11.0 Å². The maximum absolute atomic E-state index is 13.1. The Kier molecular flexibility index (Phi) is 9.95. The molecule has 0 radical (unpaired) electrons. The van der Waals surface area contributed by atoms with E-state index in [9.17, 15) is 14.4 Å². The zero-order valence-corrected chi connectivity index (χ0v) is 30.7. The number of anilines is 4. The smallest absolute Gasteiger partial charge is 0.270 e. The fourth-order valence-corrected chi connectivity index (χ4v) is 8.49. The number of pyridine rings is 2. The molecule has 14 nitrogen and oxygen atoms in total. The molecule has 4 aromatic heterocycles. The number of nitrogens with zero attached hydrogens (tertiary/aromatic N) is 9. The molecule has 1 aliphatic carbocycles. The van der Waals surface area contributed by atoms with Crippen molar-refractivity contribution in [1.82, 2.24) is 39.6 Å². The molecule has 1 saturated carbocycles. The monoisotopic (exact) mass is 719 g/mol. The first kappa shape index (κ1) is 34.9. The average molecular weight is 720 g/mol. The quantitative estimate of drug-likeness (QED) is 0.239. The fraction of sp³-hybridized carbons (Fsp3) is 0.513. The molecule has 53 heavy (non-hydrogen) atoms. The van der Waals surface area contributed by atoms with Gasteiger partial charge in [-0.3, -0.25) is 24.6 Å². The number of piperidine rings is 2. The number of fused-ring (bicyclic) bond motifs is 1. The van der Waals surface area contributed by atoms with Crippen molar-refractivity contribution in [1.29, 1.82) is 0 Å². The highest BCUT2D eigenvalue weighted by Crippen LogP contribution is 2.35. The first-order valence-corrected chi connectivity index (χ1v) is 19.1. The SMILES string of the molecule is CN(C)C(=O)c1cc2cnc(Nc3ccc(N4CCN(CC5CCN(c6cc(C7CCC(=O)NC7=O)ccn6)CC5)CC4)cn3)nc2n1C1CCCC1. The van der Waals surface area contributed by atoms with Crippen LogP contribution in [0.2, 0.25) is 0 Å². The summed E-state index contributed by atoms with van der Waals surface area (Å²) in [5.41, 5.74) is 3.49. The Morgan fingerprint density at radius 3 is 2.40 bits per heavy atom. The number of piperazine rings is 1. The lowest BCUT2D eigenvalue weighted by atomic mass is 9.91. The van der Waals surface area contributed by atoms with E-state index in [0.717, 1.165) is 112 Å². The van der Waals surface area contributed by atoms with E-state index in [1.54, 1.807) is 31.4 Å². The van der Waals surface area contributed by atoms with Gasteiger partial charge in [-0.25, -0.2) is 15.0 Å². The van der Waals surface area contributed by atoms with E-state index in [-0.39, 0.29) is 29.7 Å². The summed E-state index contributed by atoms with van der Waals surface area (Å²) in [6.45, 7) is 6.95. The number of carbonyl (C=O) groups is 3. The van der Waals surface area contributed by atoms with E-state index in [0.29, 0.717) is 36.2 Å². The van der Waals surface area contributed by atoms with Gasteiger partial charge < -0.3 is 24.6 Å². The Morgan fingerprint density at radius 2 is 1.68 bits per heavy atom. The molecule has 3 saturated heterocycles. The highest BCUT2D eigenvalue weighted by atomic mass is 16.2. The number of hydrogen-bond donors (Lipinski definition) is 2. The van der Waals surface area contributed by atoms with Crippen molar-refractivity contribution in [2.24, 2.45) is 5.92 Å². The molecule has 0 aromatic carbocycles. The molecule has 2 N–H and O–H groups in total. The van der Waals surface area contributed by atoms with Crippen LogP contribution in [0.5, 0.6) is 0 Å². The number of nitrogens with one attached hydrogen (secondary N) is 2. The highest BCUT2D eigenvalue weighted by Gasteiger charge is 2.30. The van der Waals surface area contributed by atoms with Gasteiger partial charge in [0.2, 0.25) is 17.8 Å². The normalized spacial score (nSPS) is 20.6. The molecule has 14 heteroatoms. The lowest BCUT2D eigenvalue weighted by Crippen LogP contribution is -2.49. The molecule has 0 spiro atoms. The van der Waals surface area contributed by atoms with Gasteiger partial charge in [-0.05, 0) is 73.9 Å². The van der Waals surface area contributed by atoms with E-state index >= 15 is 0 Å². The summed E-state index contributed by atoms with van der Waals surface area (Å²) in [7, 11) is 3.57. The number of amides is 3. The highest BCUT2D eigenvalue weighted by molar-refractivity contribution is 6.01. The number of hydrogen-bond acceptors (Lipinski definition) is 11. The largest absolute Gasteiger partial charge is 0.368 e. The minimum Gasteiger partial charge on any atom is -0.368 e. The first-order valence-electron chi connectivity index (χ1n) is 19.1. The predicted octanol–water partition coefficient (Wildman–Crippen LogP) is 4.34. The summed E-state index contributed by atoms with van der Waals surface area (Å²) in [5.74, 6) is 2.01. The van der Waals surface area contributed by atoms with Gasteiger partial charge in [0.05, 0.1) is 17.8 Å². The zero-order valence-electron chi connectivity index (χ0n) is 30.7. The van der Waals surface area contributed by atoms with Crippen molar-refractivity contribution < 1.29 is 14.4 Å². The van der Waals surface area contributed by atoms with Crippen molar-refractivity contribution in [2.45, 2.75) is 63.3 Å². The van der Waals surface area contributed by atoms with Crippen molar-refractivity contribution in [3.63, 3.8) is 0 Å². The van der Waals surface area contributed by atoms with Gasteiger partial charge in [0.15, 0.2) is 0 Å². The Balaban J connectivity index is 0.826. The fourth-order valence-electron chi connectivity index (χ4n) is 8.49. The van der Waals surface area contributed by atoms with Gasteiger partial charge in [0.25, 0.3) is 5.91 Å². The van der Waals surface area contributed by atoms with Gasteiger partial charge in [-0.1, -0.05) is 12.8 Å². The first-order chi connectivity index (χ1) is 25.8. The minimum absolute atomic E-state index is 0.0194. The van der Waals surface area contributed by atoms with Crippen LogP contribution < -0.4 is 20.4 Å². The van der Waals surface area contributed by atoms with Gasteiger partial charge in [0.1, 0.15) is 23.0 Å². The summed E-state index contributed by atoms with van der Waals surface area (Å²) in [6, 6.07) is 10.2. The van der Waals surface area contributed by atoms with Crippen LogP contribution in [0.4, 0.5) is 23.3 Å². The van der Waals surface area contributed by atoms with Gasteiger partial charge in [-0.15, -0.1) is 0 Å². The molecule has 4 aromatic rings. The molecule has 278 valence electrons. The van der Waals surface area contributed by atoms with Crippen LogP contribution in [0.1, 0.15) is 79.4 Å². The summed E-state index contributed by atoms with van der Waals surface area (Å²) in [4.78, 5) is 64.8. The standard InChI is InChI=1S/C39H49N11O3/c1-46(2)38(53)32-21-28-23-42-39(45-36(28)50(32)29-5-3-4-6-29)43-33-9-7-30(24-41-33)48-19-17-47(18-20-48)25-26-12-15-49(16-13-26)34-22-27(11-14-40-34)31-8-10-35(51)44-37(31)52/h7,9,11,14,21-24,26,29,31H,3-6,8,10,12-13,15-20,25H2,1-2H3,(H,44,51,52)(H,41,42,43,45). The number of aromatic nitrogens is 5. The lowest BCUT2D eigenvalue weighted by Gasteiger charge is -2.39.